The Morgan fingerprint density at radius 3 is 2.33 bits per heavy atom. The van der Waals surface area contributed by atoms with Crippen molar-refractivity contribution in [1.82, 2.24) is 19.5 Å². The van der Waals surface area contributed by atoms with Crippen LogP contribution < -0.4 is 11.1 Å². The lowest BCUT2D eigenvalue weighted by molar-refractivity contribution is 0.457. The Morgan fingerprint density at radius 1 is 0.967 bits per heavy atom. The van der Waals surface area contributed by atoms with E-state index in [1.807, 2.05) is 54.0 Å². The van der Waals surface area contributed by atoms with E-state index in [1.165, 1.54) is 11.8 Å². The van der Waals surface area contributed by atoms with Crippen molar-refractivity contribution in [3.63, 3.8) is 0 Å². The molecule has 2 heterocycles. The molecule has 1 fully saturated rings. The van der Waals surface area contributed by atoms with Gasteiger partial charge in [0.05, 0.1) is 27.1 Å². The summed E-state index contributed by atoms with van der Waals surface area (Å²) >= 11 is 1.48. The van der Waals surface area contributed by atoms with Crippen molar-refractivity contribution in [2.24, 2.45) is 0 Å². The molecule has 6 nitrogen and oxygen atoms in total. The number of benzene rings is 2. The molecule has 2 aromatic carbocycles. The first kappa shape index (κ1) is 19.1. The highest BCUT2D eigenvalue weighted by molar-refractivity contribution is 7.99. The number of thioether (sulfide) groups is 1. The second-order valence-electron chi connectivity index (χ2n) is 7.75. The fourth-order valence-corrected chi connectivity index (χ4v) is 5.24. The Balaban J connectivity index is 1.60. The molecule has 2 aromatic heterocycles. The van der Waals surface area contributed by atoms with Crippen molar-refractivity contribution < 1.29 is 0 Å². The molecule has 0 aliphatic heterocycles. The van der Waals surface area contributed by atoms with Crippen LogP contribution in [-0.2, 0) is 0 Å². The second kappa shape index (κ2) is 7.72. The van der Waals surface area contributed by atoms with E-state index in [4.69, 9.17) is 4.98 Å². The monoisotopic (exact) mass is 418 g/mol. The molecule has 1 unspecified atom stereocenters. The van der Waals surface area contributed by atoms with Crippen molar-refractivity contribution in [3.8, 4) is 0 Å². The number of nitrogens with zero attached hydrogens (tertiary/aromatic N) is 3. The van der Waals surface area contributed by atoms with Gasteiger partial charge < -0.3 is 4.98 Å². The van der Waals surface area contributed by atoms with Crippen LogP contribution in [0, 0.1) is 0 Å². The number of aromatic nitrogens is 4. The van der Waals surface area contributed by atoms with Crippen molar-refractivity contribution >= 4 is 33.6 Å². The van der Waals surface area contributed by atoms with E-state index in [1.54, 1.807) is 6.07 Å². The van der Waals surface area contributed by atoms with Gasteiger partial charge in [-0.25, -0.2) is 9.97 Å². The van der Waals surface area contributed by atoms with Gasteiger partial charge in [0.15, 0.2) is 5.16 Å². The van der Waals surface area contributed by atoms with Crippen molar-refractivity contribution in [3.05, 3.63) is 75.1 Å². The van der Waals surface area contributed by atoms with Gasteiger partial charge in [-0.3, -0.25) is 14.2 Å². The third kappa shape index (κ3) is 3.33. The molecule has 0 radical (unpaired) electrons. The Bertz CT molecular complexity index is 1350. The summed E-state index contributed by atoms with van der Waals surface area (Å²) in [5, 5.41) is 1.75. The molecule has 0 saturated heterocycles. The highest BCUT2D eigenvalue weighted by Gasteiger charge is 2.25. The molecule has 1 atom stereocenters. The third-order valence-corrected chi connectivity index (χ3v) is 6.84. The summed E-state index contributed by atoms with van der Waals surface area (Å²) in [7, 11) is 0. The molecule has 1 aliphatic carbocycles. The van der Waals surface area contributed by atoms with Gasteiger partial charge in [0.1, 0.15) is 5.82 Å². The predicted molar refractivity (Wildman–Crippen MR) is 120 cm³/mol. The summed E-state index contributed by atoms with van der Waals surface area (Å²) in [6, 6.07) is 15.0. The molecule has 4 aromatic rings. The molecule has 5 rings (SSSR count). The van der Waals surface area contributed by atoms with Gasteiger partial charge in [-0.05, 0) is 44.0 Å². The summed E-state index contributed by atoms with van der Waals surface area (Å²) in [5.74, 6) is 0.587. The summed E-state index contributed by atoms with van der Waals surface area (Å²) in [4.78, 5) is 38.2. The summed E-state index contributed by atoms with van der Waals surface area (Å²) in [6.45, 7) is 1.98. The summed E-state index contributed by atoms with van der Waals surface area (Å²) in [5.41, 5.74) is 1.24. The molecule has 152 valence electrons. The number of rotatable bonds is 4. The fourth-order valence-electron chi connectivity index (χ4n) is 4.20. The Hall–Kier alpha value is -2.93. The number of hydrogen-bond acceptors (Lipinski definition) is 5. The Morgan fingerprint density at radius 2 is 1.60 bits per heavy atom. The zero-order valence-electron chi connectivity index (χ0n) is 16.7. The maximum atomic E-state index is 13.3. The van der Waals surface area contributed by atoms with Gasteiger partial charge in [-0.15, -0.1) is 0 Å². The zero-order valence-corrected chi connectivity index (χ0v) is 17.5. The van der Waals surface area contributed by atoms with Crippen LogP contribution in [0.15, 0.2) is 63.3 Å². The van der Waals surface area contributed by atoms with Crippen LogP contribution in [-0.4, -0.2) is 19.5 Å². The quantitative estimate of drug-likeness (QED) is 0.387. The van der Waals surface area contributed by atoms with Crippen LogP contribution in [0.25, 0.3) is 21.8 Å². The maximum Gasteiger partial charge on any atom is 0.262 e. The molecule has 0 spiro atoms. The number of hydrogen-bond donors (Lipinski definition) is 1. The molecule has 1 saturated carbocycles. The summed E-state index contributed by atoms with van der Waals surface area (Å²) in [6.07, 6.45) is 4.24. The Kier molecular flexibility index (Phi) is 4.90. The Labute approximate surface area is 177 Å². The lowest BCUT2D eigenvalue weighted by atomic mass is 10.2. The molecular weight excluding hydrogens is 396 g/mol. The molecule has 0 bridgehead atoms. The first-order valence-corrected chi connectivity index (χ1v) is 11.2. The number of aromatic amines is 1. The van der Waals surface area contributed by atoms with Gasteiger partial charge in [-0.2, -0.15) is 0 Å². The van der Waals surface area contributed by atoms with Gasteiger partial charge in [0, 0.05) is 6.04 Å². The molecule has 30 heavy (non-hydrogen) atoms. The van der Waals surface area contributed by atoms with Crippen molar-refractivity contribution in [2.45, 2.75) is 49.1 Å². The van der Waals surface area contributed by atoms with E-state index < -0.39 is 0 Å². The fraction of sp³-hybridized carbons (Fsp3) is 0.304. The van der Waals surface area contributed by atoms with Gasteiger partial charge in [0.2, 0.25) is 0 Å². The smallest absolute Gasteiger partial charge is 0.262 e. The van der Waals surface area contributed by atoms with Crippen molar-refractivity contribution in [1.29, 1.82) is 0 Å². The highest BCUT2D eigenvalue weighted by atomic mass is 32.2. The molecule has 1 aliphatic rings. The predicted octanol–water partition coefficient (Wildman–Crippen LogP) is 4.60. The van der Waals surface area contributed by atoms with Gasteiger partial charge in [0.25, 0.3) is 11.1 Å². The number of nitrogens with one attached hydrogen (secondary N) is 1. The largest absolute Gasteiger partial charge is 0.309 e. The second-order valence-corrected chi connectivity index (χ2v) is 9.06. The minimum Gasteiger partial charge on any atom is -0.309 e. The average Bonchev–Trinajstić information content (AvgIpc) is 3.28. The van der Waals surface area contributed by atoms with Crippen LogP contribution in [0.1, 0.15) is 49.7 Å². The van der Waals surface area contributed by atoms with E-state index in [-0.39, 0.29) is 22.4 Å². The first-order chi connectivity index (χ1) is 14.6. The highest BCUT2D eigenvalue weighted by Crippen LogP contribution is 2.37. The van der Waals surface area contributed by atoms with Crippen molar-refractivity contribution in [2.75, 3.05) is 0 Å². The normalized spacial score (nSPS) is 15.8. The van der Waals surface area contributed by atoms with Crippen LogP contribution in [0.4, 0.5) is 0 Å². The SMILES string of the molecule is CC(Sc1nc2ccccc2c(=O)n1C1CCCC1)c1nc2ccccc2c(=O)[nH]1. The number of para-hydroxylation sites is 2. The lowest BCUT2D eigenvalue weighted by Gasteiger charge is -2.20. The average molecular weight is 419 g/mol. The summed E-state index contributed by atoms with van der Waals surface area (Å²) < 4.78 is 1.87. The van der Waals surface area contributed by atoms with Crippen LogP contribution >= 0.6 is 11.8 Å². The van der Waals surface area contributed by atoms with E-state index in [9.17, 15) is 9.59 Å². The molecule has 1 N–H and O–H groups in total. The first-order valence-electron chi connectivity index (χ1n) is 10.3. The van der Waals surface area contributed by atoms with E-state index in [2.05, 4.69) is 9.97 Å². The zero-order chi connectivity index (χ0) is 20.7. The van der Waals surface area contributed by atoms with Gasteiger partial charge in [-0.1, -0.05) is 48.9 Å². The molecular formula is C23H22N4O2S. The van der Waals surface area contributed by atoms with Crippen LogP contribution in [0.5, 0.6) is 0 Å². The van der Waals surface area contributed by atoms with Crippen LogP contribution in [0.3, 0.4) is 0 Å². The maximum absolute atomic E-state index is 13.3. The minimum atomic E-state index is -0.164. The van der Waals surface area contributed by atoms with E-state index in [0.717, 1.165) is 25.7 Å². The number of H-pyrrole nitrogens is 1. The topological polar surface area (TPSA) is 80.6 Å². The lowest BCUT2D eigenvalue weighted by Crippen LogP contribution is -2.26. The van der Waals surface area contributed by atoms with Gasteiger partial charge >= 0.3 is 0 Å². The molecule has 7 heteroatoms. The van der Waals surface area contributed by atoms with E-state index >= 15 is 0 Å². The van der Waals surface area contributed by atoms with E-state index in [0.29, 0.717) is 32.8 Å². The minimum absolute atomic E-state index is 0.0159. The third-order valence-electron chi connectivity index (χ3n) is 5.76. The molecule has 0 amide bonds. The number of fused-ring (bicyclic) bond motifs is 2. The van der Waals surface area contributed by atoms with Crippen LogP contribution in [0.2, 0.25) is 0 Å². The standard InChI is InChI=1S/C23H22N4O2S/c1-14(20-24-18-12-6-4-10-16(18)21(28)26-20)30-23-25-19-13-7-5-11-17(19)22(29)27(23)15-8-2-3-9-15/h4-7,10-15H,2-3,8-9H2,1H3,(H,24,26,28).